The number of aromatic nitrogens is 2. The second-order valence-electron chi connectivity index (χ2n) is 1.72. The van der Waals surface area contributed by atoms with E-state index in [2.05, 4.69) is 9.97 Å². The van der Waals surface area contributed by atoms with Crippen LogP contribution in [-0.2, 0) is 6.54 Å². The molecule has 1 aromatic heterocycles. The molecule has 0 unspecified atom stereocenters. The van der Waals surface area contributed by atoms with Crippen LogP contribution < -0.4 is 5.73 Å². The molecule has 0 spiro atoms. The van der Waals surface area contributed by atoms with Gasteiger partial charge in [-0.05, 0) is 6.92 Å². The number of nitrogens with one attached hydrogen (secondary N) is 1. The summed E-state index contributed by atoms with van der Waals surface area (Å²) >= 11 is 0. The van der Waals surface area contributed by atoms with Gasteiger partial charge >= 0.3 is 0 Å². The Morgan fingerprint density at radius 3 is 2.88 bits per heavy atom. The number of nitrogens with zero attached hydrogens (tertiary/aromatic N) is 1. The van der Waals surface area contributed by atoms with Gasteiger partial charge in [-0.2, -0.15) is 0 Å². The highest BCUT2D eigenvalue weighted by Crippen LogP contribution is 1.91. The molecular formula is C5H9N3. The number of H-pyrrole nitrogens is 1. The smallest absolute Gasteiger partial charge is 0.120 e. The van der Waals surface area contributed by atoms with Gasteiger partial charge in [0.2, 0.25) is 0 Å². The van der Waals surface area contributed by atoms with Gasteiger partial charge in [0.15, 0.2) is 0 Å². The number of hydrogen-bond donors (Lipinski definition) is 2. The van der Waals surface area contributed by atoms with Crippen molar-refractivity contribution in [2.45, 2.75) is 13.5 Å². The summed E-state index contributed by atoms with van der Waals surface area (Å²) in [7, 11) is 0. The first kappa shape index (κ1) is 5.31. The summed E-state index contributed by atoms with van der Waals surface area (Å²) in [6.45, 7) is 2.44. The van der Waals surface area contributed by atoms with Gasteiger partial charge in [-0.15, -0.1) is 0 Å². The lowest BCUT2D eigenvalue weighted by molar-refractivity contribution is 0.944. The summed E-state index contributed by atoms with van der Waals surface area (Å²) in [6.07, 6.45) is 1.77. The molecule has 0 fully saturated rings. The van der Waals surface area contributed by atoms with Crippen molar-refractivity contribution in [3.05, 3.63) is 17.7 Å². The summed E-state index contributed by atoms with van der Waals surface area (Å²) in [5, 5.41) is 0. The van der Waals surface area contributed by atoms with Crippen molar-refractivity contribution >= 4 is 0 Å². The van der Waals surface area contributed by atoms with Crippen molar-refractivity contribution in [3.8, 4) is 0 Å². The monoisotopic (exact) mass is 111 g/mol. The van der Waals surface area contributed by atoms with Crippen molar-refractivity contribution in [1.29, 1.82) is 0 Å². The third-order valence-electron chi connectivity index (χ3n) is 0.949. The molecule has 0 aromatic carbocycles. The standard InChI is InChI=1S/C5H9N3/c1-4-3-7-5(2-6)8-4/h3H,2,6H2,1H3,(H,7,8). The molecule has 0 saturated heterocycles. The minimum absolute atomic E-state index is 0.494. The van der Waals surface area contributed by atoms with Crippen molar-refractivity contribution in [2.75, 3.05) is 0 Å². The van der Waals surface area contributed by atoms with Crippen LogP contribution in [0.25, 0.3) is 0 Å². The third kappa shape index (κ3) is 0.869. The Balaban J connectivity index is 2.84. The van der Waals surface area contributed by atoms with Gasteiger partial charge in [-0.3, -0.25) is 0 Å². The Bertz CT molecular complexity index is 168. The molecule has 8 heavy (non-hydrogen) atoms. The molecule has 0 aliphatic rings. The van der Waals surface area contributed by atoms with Crippen molar-refractivity contribution in [3.63, 3.8) is 0 Å². The molecule has 0 aliphatic carbocycles. The van der Waals surface area contributed by atoms with Crippen molar-refractivity contribution < 1.29 is 0 Å². The molecule has 0 amide bonds. The van der Waals surface area contributed by atoms with E-state index in [1.165, 1.54) is 0 Å². The SMILES string of the molecule is Cc1cnc(CN)[nH]1. The van der Waals surface area contributed by atoms with E-state index < -0.39 is 0 Å². The Hall–Kier alpha value is -0.830. The maximum Gasteiger partial charge on any atom is 0.120 e. The molecule has 1 aromatic rings. The summed E-state index contributed by atoms with van der Waals surface area (Å²) < 4.78 is 0. The normalized spacial score (nSPS) is 9.75. The topological polar surface area (TPSA) is 54.7 Å². The van der Waals surface area contributed by atoms with E-state index in [9.17, 15) is 0 Å². The molecule has 0 saturated carbocycles. The number of hydrogen-bond acceptors (Lipinski definition) is 2. The summed E-state index contributed by atoms with van der Waals surface area (Å²) in [5.41, 5.74) is 6.33. The second kappa shape index (κ2) is 1.96. The number of aromatic amines is 1. The van der Waals surface area contributed by atoms with Gasteiger partial charge < -0.3 is 10.7 Å². The van der Waals surface area contributed by atoms with Gasteiger partial charge in [0.25, 0.3) is 0 Å². The van der Waals surface area contributed by atoms with Crippen LogP contribution >= 0.6 is 0 Å². The number of imidazole rings is 1. The second-order valence-corrected chi connectivity index (χ2v) is 1.72. The Labute approximate surface area is 47.9 Å². The molecule has 44 valence electrons. The lowest BCUT2D eigenvalue weighted by Crippen LogP contribution is -1.97. The van der Waals surface area contributed by atoms with Crippen LogP contribution in [0.2, 0.25) is 0 Å². The summed E-state index contributed by atoms with van der Waals surface area (Å²) in [6, 6.07) is 0. The van der Waals surface area contributed by atoms with E-state index in [1.807, 2.05) is 6.92 Å². The molecular weight excluding hydrogens is 102 g/mol. The Kier molecular flexibility index (Phi) is 1.30. The van der Waals surface area contributed by atoms with Crippen LogP contribution in [0.4, 0.5) is 0 Å². The van der Waals surface area contributed by atoms with E-state index in [4.69, 9.17) is 5.73 Å². The van der Waals surface area contributed by atoms with Crippen LogP contribution in [0.15, 0.2) is 6.20 Å². The molecule has 0 atom stereocenters. The molecule has 0 bridgehead atoms. The molecule has 3 N–H and O–H groups in total. The zero-order chi connectivity index (χ0) is 5.98. The van der Waals surface area contributed by atoms with Crippen molar-refractivity contribution in [2.24, 2.45) is 5.73 Å². The fourth-order valence-corrected chi connectivity index (χ4v) is 0.571. The van der Waals surface area contributed by atoms with Crippen LogP contribution in [0.5, 0.6) is 0 Å². The van der Waals surface area contributed by atoms with Gasteiger partial charge in [0.1, 0.15) is 5.82 Å². The van der Waals surface area contributed by atoms with Gasteiger partial charge in [0, 0.05) is 11.9 Å². The fourth-order valence-electron chi connectivity index (χ4n) is 0.571. The highest BCUT2D eigenvalue weighted by atomic mass is 14.9. The van der Waals surface area contributed by atoms with E-state index in [-0.39, 0.29) is 0 Å². The summed E-state index contributed by atoms with van der Waals surface area (Å²) in [5.74, 6) is 0.850. The average molecular weight is 111 g/mol. The van der Waals surface area contributed by atoms with E-state index in [1.54, 1.807) is 6.20 Å². The quantitative estimate of drug-likeness (QED) is 0.543. The average Bonchev–Trinajstić information content (AvgIpc) is 2.14. The van der Waals surface area contributed by atoms with Gasteiger partial charge in [0.05, 0.1) is 6.54 Å². The molecule has 3 nitrogen and oxygen atoms in total. The minimum Gasteiger partial charge on any atom is -0.345 e. The minimum atomic E-state index is 0.494. The first-order chi connectivity index (χ1) is 3.83. The first-order valence-electron chi connectivity index (χ1n) is 2.53. The summed E-state index contributed by atoms with van der Waals surface area (Å²) in [4.78, 5) is 6.94. The fraction of sp³-hybridized carbons (Fsp3) is 0.400. The first-order valence-corrected chi connectivity index (χ1v) is 2.53. The zero-order valence-electron chi connectivity index (χ0n) is 4.81. The van der Waals surface area contributed by atoms with Crippen LogP contribution in [0.1, 0.15) is 11.5 Å². The predicted octanol–water partition coefficient (Wildman–Crippen LogP) is 0.177. The molecule has 1 heterocycles. The highest BCUT2D eigenvalue weighted by Gasteiger charge is 1.89. The van der Waals surface area contributed by atoms with E-state index in [0.29, 0.717) is 6.54 Å². The van der Waals surface area contributed by atoms with Gasteiger partial charge in [-0.1, -0.05) is 0 Å². The van der Waals surface area contributed by atoms with Gasteiger partial charge in [-0.25, -0.2) is 4.98 Å². The van der Waals surface area contributed by atoms with E-state index >= 15 is 0 Å². The maximum atomic E-state index is 5.27. The Morgan fingerprint density at radius 1 is 1.88 bits per heavy atom. The van der Waals surface area contributed by atoms with E-state index in [0.717, 1.165) is 11.5 Å². The number of aryl methyl sites for hydroxylation is 1. The van der Waals surface area contributed by atoms with Crippen LogP contribution in [-0.4, -0.2) is 9.97 Å². The lowest BCUT2D eigenvalue weighted by atomic mass is 10.6. The molecule has 0 radical (unpaired) electrons. The third-order valence-corrected chi connectivity index (χ3v) is 0.949. The molecule has 1 rings (SSSR count). The maximum absolute atomic E-state index is 5.27. The molecule has 3 heteroatoms. The predicted molar refractivity (Wildman–Crippen MR) is 31.2 cm³/mol. The van der Waals surface area contributed by atoms with Crippen LogP contribution in [0, 0.1) is 6.92 Å². The highest BCUT2D eigenvalue weighted by molar-refractivity contribution is 4.97. The lowest BCUT2D eigenvalue weighted by Gasteiger charge is -1.82. The number of rotatable bonds is 1. The van der Waals surface area contributed by atoms with Crippen molar-refractivity contribution in [1.82, 2.24) is 9.97 Å². The largest absolute Gasteiger partial charge is 0.345 e. The Morgan fingerprint density at radius 2 is 2.62 bits per heavy atom. The number of nitrogens with two attached hydrogens (primary N) is 1. The molecule has 0 aliphatic heterocycles. The van der Waals surface area contributed by atoms with Crippen LogP contribution in [0.3, 0.4) is 0 Å². The zero-order valence-corrected chi connectivity index (χ0v) is 4.81.